The molecule has 0 aromatic carbocycles. The number of hydrogen-bond acceptors (Lipinski definition) is 5. The minimum Gasteiger partial charge on any atom is -0.378 e. The number of carbonyl (C=O) groups excluding carboxylic acids is 1. The number of hydrogen-bond donors (Lipinski definition) is 1. The highest BCUT2D eigenvalue weighted by Gasteiger charge is 2.30. The van der Waals surface area contributed by atoms with Crippen LogP contribution >= 0.6 is 11.3 Å². The number of nitrogens with zero attached hydrogens (tertiary/aromatic N) is 4. The molecule has 0 radical (unpaired) electrons. The number of thiazole rings is 1. The zero-order valence-corrected chi connectivity index (χ0v) is 19.1. The molecule has 2 saturated heterocycles. The van der Waals surface area contributed by atoms with Crippen LogP contribution in [0.4, 0.5) is 0 Å². The molecule has 0 aliphatic carbocycles. The van der Waals surface area contributed by atoms with E-state index in [1.165, 1.54) is 0 Å². The quantitative estimate of drug-likeness (QED) is 0.597. The van der Waals surface area contributed by atoms with Gasteiger partial charge in [0.1, 0.15) is 5.01 Å². The van der Waals surface area contributed by atoms with Crippen LogP contribution in [0.3, 0.4) is 0 Å². The molecule has 2 aliphatic heterocycles. The van der Waals surface area contributed by atoms with Crippen LogP contribution in [-0.2, 0) is 21.5 Å². The summed E-state index contributed by atoms with van der Waals surface area (Å²) in [5.41, 5.74) is 1.19. The third-order valence-electron chi connectivity index (χ3n) is 5.49. The van der Waals surface area contributed by atoms with Crippen molar-refractivity contribution < 1.29 is 9.53 Å². The molecule has 3 heterocycles. The Hall–Kier alpha value is -1.67. The van der Waals surface area contributed by atoms with Gasteiger partial charge in [0.2, 0.25) is 5.91 Å². The van der Waals surface area contributed by atoms with E-state index in [9.17, 15) is 4.79 Å². The van der Waals surface area contributed by atoms with E-state index < -0.39 is 0 Å². The summed E-state index contributed by atoms with van der Waals surface area (Å²) in [6, 6.07) is 0. The first-order valence-corrected chi connectivity index (χ1v) is 11.6. The fourth-order valence-electron chi connectivity index (χ4n) is 3.68. The van der Waals surface area contributed by atoms with Gasteiger partial charge in [-0.05, 0) is 19.8 Å². The Morgan fingerprint density at radius 1 is 1.24 bits per heavy atom. The van der Waals surface area contributed by atoms with Crippen LogP contribution in [0, 0.1) is 5.92 Å². The van der Waals surface area contributed by atoms with Crippen LogP contribution in [0.5, 0.6) is 0 Å². The Bertz CT molecular complexity index is 698. The predicted octanol–water partition coefficient (Wildman–Crippen LogP) is 2.48. The number of amides is 1. The number of aromatic nitrogens is 1. The van der Waals surface area contributed by atoms with Gasteiger partial charge in [-0.3, -0.25) is 4.79 Å². The SMILES string of the molecule is CCNC(=NCc1nc(C(C)(C)C)cs1)N1CCC(C(=O)N2CCOCC2)CC1. The van der Waals surface area contributed by atoms with E-state index in [4.69, 9.17) is 14.7 Å². The lowest BCUT2D eigenvalue weighted by Gasteiger charge is -2.36. The summed E-state index contributed by atoms with van der Waals surface area (Å²) in [6.45, 7) is 14.6. The van der Waals surface area contributed by atoms with Gasteiger partial charge in [0.15, 0.2) is 5.96 Å². The van der Waals surface area contributed by atoms with Gasteiger partial charge >= 0.3 is 0 Å². The highest BCUT2D eigenvalue weighted by atomic mass is 32.1. The highest BCUT2D eigenvalue weighted by molar-refractivity contribution is 7.09. The molecule has 29 heavy (non-hydrogen) atoms. The number of piperidine rings is 1. The minimum atomic E-state index is 0.0673. The number of rotatable bonds is 4. The zero-order chi connectivity index (χ0) is 20.9. The van der Waals surface area contributed by atoms with Crippen molar-refractivity contribution in [1.29, 1.82) is 0 Å². The van der Waals surface area contributed by atoms with E-state index in [1.54, 1.807) is 11.3 Å². The first-order valence-electron chi connectivity index (χ1n) is 10.7. The number of nitrogens with one attached hydrogen (secondary N) is 1. The van der Waals surface area contributed by atoms with E-state index in [1.807, 2.05) is 4.90 Å². The molecule has 0 saturated carbocycles. The number of guanidine groups is 1. The van der Waals surface area contributed by atoms with E-state index in [-0.39, 0.29) is 11.3 Å². The van der Waals surface area contributed by atoms with Crippen LogP contribution in [0.2, 0.25) is 0 Å². The molecule has 162 valence electrons. The van der Waals surface area contributed by atoms with Crippen molar-refractivity contribution in [3.8, 4) is 0 Å². The van der Waals surface area contributed by atoms with E-state index in [2.05, 4.69) is 43.3 Å². The van der Waals surface area contributed by atoms with Gasteiger partial charge in [-0.1, -0.05) is 20.8 Å². The summed E-state index contributed by atoms with van der Waals surface area (Å²) >= 11 is 1.68. The van der Waals surface area contributed by atoms with Crippen molar-refractivity contribution >= 4 is 23.2 Å². The van der Waals surface area contributed by atoms with Crippen LogP contribution in [0.25, 0.3) is 0 Å². The largest absolute Gasteiger partial charge is 0.378 e. The van der Waals surface area contributed by atoms with E-state index in [0.717, 1.165) is 62.2 Å². The fourth-order valence-corrected chi connectivity index (χ4v) is 4.62. The second-order valence-corrected chi connectivity index (χ2v) is 9.69. The van der Waals surface area contributed by atoms with Gasteiger partial charge in [-0.2, -0.15) is 0 Å². The Balaban J connectivity index is 1.56. The second kappa shape index (κ2) is 9.89. The molecule has 0 unspecified atom stereocenters. The normalized spacial score (nSPS) is 19.5. The Labute approximate surface area is 178 Å². The maximum absolute atomic E-state index is 12.7. The van der Waals surface area contributed by atoms with Crippen molar-refractivity contribution in [2.45, 2.75) is 52.5 Å². The number of carbonyl (C=O) groups is 1. The molecule has 0 atom stereocenters. The van der Waals surface area contributed by atoms with Crippen LogP contribution in [0.1, 0.15) is 51.2 Å². The highest BCUT2D eigenvalue weighted by Crippen LogP contribution is 2.24. The summed E-state index contributed by atoms with van der Waals surface area (Å²) in [5, 5.41) is 6.59. The standard InChI is InChI=1S/C21H35N5O2S/c1-5-22-20(23-14-18-24-17(15-29-18)21(2,3)4)26-8-6-16(7-9-26)19(27)25-10-12-28-13-11-25/h15-16H,5-14H2,1-4H3,(H,22,23). The molecular weight excluding hydrogens is 386 g/mol. The van der Waals surface area contributed by atoms with Gasteiger partial charge in [0.25, 0.3) is 0 Å². The average Bonchev–Trinajstić information content (AvgIpc) is 3.21. The maximum Gasteiger partial charge on any atom is 0.225 e. The number of ether oxygens (including phenoxy) is 1. The number of likely N-dealkylation sites (tertiary alicyclic amines) is 1. The maximum atomic E-state index is 12.7. The summed E-state index contributed by atoms with van der Waals surface area (Å²) in [6.07, 6.45) is 1.76. The van der Waals surface area contributed by atoms with Crippen molar-refractivity contribution in [2.24, 2.45) is 10.9 Å². The molecule has 2 aliphatic rings. The van der Waals surface area contributed by atoms with Crippen LogP contribution < -0.4 is 5.32 Å². The smallest absolute Gasteiger partial charge is 0.225 e. The minimum absolute atomic E-state index is 0.0673. The third-order valence-corrected chi connectivity index (χ3v) is 6.32. The number of aliphatic imine (C=N–C) groups is 1. The molecule has 0 spiro atoms. The van der Waals surface area contributed by atoms with Crippen molar-refractivity contribution in [1.82, 2.24) is 20.1 Å². The molecule has 0 bridgehead atoms. The zero-order valence-electron chi connectivity index (χ0n) is 18.2. The van der Waals surface area contributed by atoms with Gasteiger partial charge in [-0.25, -0.2) is 9.98 Å². The first-order chi connectivity index (χ1) is 13.9. The van der Waals surface area contributed by atoms with Crippen LogP contribution in [-0.4, -0.2) is 72.6 Å². The average molecular weight is 422 g/mol. The van der Waals surface area contributed by atoms with Crippen molar-refractivity contribution in [3.05, 3.63) is 16.1 Å². The van der Waals surface area contributed by atoms with Gasteiger partial charge < -0.3 is 19.9 Å². The predicted molar refractivity (Wildman–Crippen MR) is 117 cm³/mol. The molecule has 7 nitrogen and oxygen atoms in total. The molecule has 1 aromatic heterocycles. The van der Waals surface area contributed by atoms with Gasteiger partial charge in [0, 0.05) is 49.4 Å². The summed E-state index contributed by atoms with van der Waals surface area (Å²) < 4.78 is 5.37. The second-order valence-electron chi connectivity index (χ2n) is 8.75. The molecule has 2 fully saturated rings. The Morgan fingerprint density at radius 3 is 2.52 bits per heavy atom. The van der Waals surface area contributed by atoms with Gasteiger partial charge in [0.05, 0.1) is 25.5 Å². The Kier molecular flexibility index (Phi) is 7.51. The van der Waals surface area contributed by atoms with Crippen LogP contribution in [0.15, 0.2) is 10.4 Å². The molecule has 8 heteroatoms. The van der Waals surface area contributed by atoms with E-state index >= 15 is 0 Å². The molecule has 1 amide bonds. The lowest BCUT2D eigenvalue weighted by molar-refractivity contribution is -0.140. The van der Waals surface area contributed by atoms with Crippen molar-refractivity contribution in [3.63, 3.8) is 0 Å². The Morgan fingerprint density at radius 2 is 1.93 bits per heavy atom. The van der Waals surface area contributed by atoms with Crippen molar-refractivity contribution in [2.75, 3.05) is 45.9 Å². The molecule has 3 rings (SSSR count). The molecule has 1 aromatic rings. The molecule has 1 N–H and O–H groups in total. The lowest BCUT2D eigenvalue weighted by Crippen LogP contribution is -2.50. The molecular formula is C21H35N5O2S. The fraction of sp³-hybridized carbons (Fsp3) is 0.762. The monoisotopic (exact) mass is 421 g/mol. The van der Waals surface area contributed by atoms with E-state index in [0.29, 0.717) is 25.7 Å². The summed E-state index contributed by atoms with van der Waals surface area (Å²) in [4.78, 5) is 26.6. The topological polar surface area (TPSA) is 70.1 Å². The number of morpholine rings is 1. The third kappa shape index (κ3) is 5.92. The summed E-state index contributed by atoms with van der Waals surface area (Å²) in [7, 11) is 0. The first kappa shape index (κ1) is 22.0. The summed E-state index contributed by atoms with van der Waals surface area (Å²) in [5.74, 6) is 1.35. The van der Waals surface area contributed by atoms with Gasteiger partial charge in [-0.15, -0.1) is 11.3 Å². The lowest BCUT2D eigenvalue weighted by atomic mass is 9.93.